The molecule has 0 saturated heterocycles. The molecule has 1 amide bonds. The Labute approximate surface area is 131 Å². The van der Waals surface area contributed by atoms with Crippen LogP contribution >= 0.6 is 0 Å². The highest BCUT2D eigenvalue weighted by molar-refractivity contribution is 5.98. The van der Waals surface area contributed by atoms with E-state index in [0.29, 0.717) is 11.5 Å². The minimum atomic E-state index is -0.201. The quantitative estimate of drug-likeness (QED) is 0.678. The van der Waals surface area contributed by atoms with E-state index < -0.39 is 0 Å². The number of carbonyl (C=O) groups excluding carboxylic acids is 1. The van der Waals surface area contributed by atoms with Crippen LogP contribution < -0.4 is 5.43 Å². The Balaban J connectivity index is 2.22. The lowest BCUT2D eigenvalue weighted by Gasteiger charge is -2.08. The molecule has 22 heavy (non-hydrogen) atoms. The molecule has 0 aliphatic heterocycles. The molecule has 0 aliphatic rings. The lowest BCUT2D eigenvalue weighted by molar-refractivity contribution is 0.0954. The molecule has 1 aromatic heterocycles. The number of amides is 1. The van der Waals surface area contributed by atoms with Crippen molar-refractivity contribution in [2.75, 3.05) is 0 Å². The van der Waals surface area contributed by atoms with Gasteiger partial charge in [-0.2, -0.15) is 5.10 Å². The molecule has 0 fully saturated rings. The van der Waals surface area contributed by atoms with E-state index in [1.165, 1.54) is 0 Å². The number of hydrogen-bond acceptors (Lipinski definition) is 3. The number of nitrogens with one attached hydrogen (secondary N) is 1. The van der Waals surface area contributed by atoms with Gasteiger partial charge in [-0.25, -0.2) is 10.4 Å². The van der Waals surface area contributed by atoms with Crippen molar-refractivity contribution in [3.8, 4) is 0 Å². The monoisotopic (exact) mass is 300 g/mol. The first-order valence-electron chi connectivity index (χ1n) is 7.79. The van der Waals surface area contributed by atoms with E-state index in [1.54, 1.807) is 0 Å². The van der Waals surface area contributed by atoms with Gasteiger partial charge in [0.15, 0.2) is 0 Å². The maximum atomic E-state index is 12.2. The van der Waals surface area contributed by atoms with Gasteiger partial charge in [-0.3, -0.25) is 4.79 Å². The van der Waals surface area contributed by atoms with Crippen LogP contribution in [-0.4, -0.2) is 21.2 Å². The standard InChI is InChI=1S/C17H24N4O/c1-6-11(3)12(4)19-20-17(22)14-8-9-16-15(10-14)18-13(5)21(16)7-2/h8-11H,6-7H2,1-5H3,(H,20,22)/b19-12-/t11-/m1/s1. The average Bonchev–Trinajstić information content (AvgIpc) is 2.85. The Morgan fingerprint density at radius 1 is 1.41 bits per heavy atom. The first-order valence-corrected chi connectivity index (χ1v) is 7.79. The third-order valence-corrected chi connectivity index (χ3v) is 4.18. The number of rotatable bonds is 5. The van der Waals surface area contributed by atoms with Crippen molar-refractivity contribution >= 4 is 22.7 Å². The summed E-state index contributed by atoms with van der Waals surface area (Å²) in [6, 6.07) is 5.58. The lowest BCUT2D eigenvalue weighted by atomic mass is 10.1. The number of aromatic nitrogens is 2. The molecule has 0 saturated carbocycles. The highest BCUT2D eigenvalue weighted by atomic mass is 16.2. The summed E-state index contributed by atoms with van der Waals surface area (Å²) in [5, 5.41) is 4.18. The Hall–Kier alpha value is -2.17. The van der Waals surface area contributed by atoms with Crippen LogP contribution in [0.2, 0.25) is 0 Å². The van der Waals surface area contributed by atoms with Gasteiger partial charge in [0, 0.05) is 17.8 Å². The van der Waals surface area contributed by atoms with E-state index in [2.05, 4.69) is 40.8 Å². The Morgan fingerprint density at radius 3 is 2.77 bits per heavy atom. The second-order valence-electron chi connectivity index (χ2n) is 5.61. The number of aryl methyl sites for hydroxylation is 2. The molecule has 0 radical (unpaired) electrons. The van der Waals surface area contributed by atoms with Crippen LogP contribution in [-0.2, 0) is 6.54 Å². The SMILES string of the molecule is CC[C@@H](C)/C(C)=N\NC(=O)c1ccc2c(c1)nc(C)n2CC. The van der Waals surface area contributed by atoms with Crippen molar-refractivity contribution < 1.29 is 4.79 Å². The molecule has 1 atom stereocenters. The maximum Gasteiger partial charge on any atom is 0.271 e. The van der Waals surface area contributed by atoms with Crippen LogP contribution in [0.25, 0.3) is 11.0 Å². The summed E-state index contributed by atoms with van der Waals surface area (Å²) in [6.07, 6.45) is 1.00. The number of nitrogens with zero attached hydrogens (tertiary/aromatic N) is 3. The predicted octanol–water partition coefficient (Wildman–Crippen LogP) is 3.52. The van der Waals surface area contributed by atoms with E-state index in [-0.39, 0.29) is 5.91 Å². The largest absolute Gasteiger partial charge is 0.329 e. The zero-order valence-electron chi connectivity index (χ0n) is 14.0. The van der Waals surface area contributed by atoms with Crippen molar-refractivity contribution in [1.29, 1.82) is 0 Å². The normalized spacial score (nSPS) is 13.4. The molecule has 2 aromatic rings. The zero-order valence-corrected chi connectivity index (χ0v) is 14.0. The van der Waals surface area contributed by atoms with E-state index in [4.69, 9.17) is 0 Å². The average molecular weight is 300 g/mol. The summed E-state index contributed by atoms with van der Waals surface area (Å²) in [4.78, 5) is 16.7. The maximum absolute atomic E-state index is 12.2. The summed E-state index contributed by atoms with van der Waals surface area (Å²) >= 11 is 0. The molecular formula is C17H24N4O. The van der Waals surface area contributed by atoms with Gasteiger partial charge in [0.1, 0.15) is 5.82 Å². The molecule has 0 unspecified atom stereocenters. The molecular weight excluding hydrogens is 276 g/mol. The van der Waals surface area contributed by atoms with Crippen molar-refractivity contribution in [2.45, 2.75) is 47.6 Å². The molecule has 1 heterocycles. The van der Waals surface area contributed by atoms with E-state index in [1.807, 2.05) is 32.0 Å². The van der Waals surface area contributed by atoms with Crippen LogP contribution in [0.15, 0.2) is 23.3 Å². The Kier molecular flexibility index (Phi) is 4.96. The molecule has 0 spiro atoms. The molecule has 1 aromatic carbocycles. The number of carbonyl (C=O) groups is 1. The van der Waals surface area contributed by atoms with E-state index >= 15 is 0 Å². The molecule has 2 rings (SSSR count). The van der Waals surface area contributed by atoms with Crippen LogP contribution in [0.5, 0.6) is 0 Å². The fourth-order valence-electron chi connectivity index (χ4n) is 2.40. The molecule has 0 bridgehead atoms. The predicted molar refractivity (Wildman–Crippen MR) is 90.2 cm³/mol. The third kappa shape index (κ3) is 3.18. The van der Waals surface area contributed by atoms with E-state index in [0.717, 1.165) is 35.5 Å². The van der Waals surface area contributed by atoms with Gasteiger partial charge in [-0.05, 0) is 51.3 Å². The summed E-state index contributed by atoms with van der Waals surface area (Å²) in [5.74, 6) is 1.12. The minimum absolute atomic E-state index is 0.201. The van der Waals surface area contributed by atoms with Crippen LogP contribution in [0.3, 0.4) is 0 Å². The first-order chi connectivity index (χ1) is 10.5. The van der Waals surface area contributed by atoms with Crippen molar-refractivity contribution in [3.63, 3.8) is 0 Å². The van der Waals surface area contributed by atoms with Crippen molar-refractivity contribution in [3.05, 3.63) is 29.6 Å². The van der Waals surface area contributed by atoms with Gasteiger partial charge in [-0.1, -0.05) is 13.8 Å². The fourth-order valence-corrected chi connectivity index (χ4v) is 2.40. The minimum Gasteiger partial charge on any atom is -0.329 e. The third-order valence-electron chi connectivity index (χ3n) is 4.18. The number of hydrazone groups is 1. The fraction of sp³-hybridized carbons (Fsp3) is 0.471. The van der Waals surface area contributed by atoms with Gasteiger partial charge in [0.25, 0.3) is 5.91 Å². The highest BCUT2D eigenvalue weighted by Gasteiger charge is 2.11. The first kappa shape index (κ1) is 16.2. The second kappa shape index (κ2) is 6.73. The van der Waals surface area contributed by atoms with Gasteiger partial charge in [-0.15, -0.1) is 0 Å². The van der Waals surface area contributed by atoms with Crippen molar-refractivity contribution in [2.24, 2.45) is 11.0 Å². The van der Waals surface area contributed by atoms with Gasteiger partial charge in [0.2, 0.25) is 0 Å². The summed E-state index contributed by atoms with van der Waals surface area (Å²) in [6.45, 7) is 11.1. The molecule has 0 aliphatic carbocycles. The summed E-state index contributed by atoms with van der Waals surface area (Å²) in [5.41, 5.74) is 6.03. The Morgan fingerprint density at radius 2 is 2.14 bits per heavy atom. The van der Waals surface area contributed by atoms with Gasteiger partial charge >= 0.3 is 0 Å². The highest BCUT2D eigenvalue weighted by Crippen LogP contribution is 2.17. The smallest absolute Gasteiger partial charge is 0.271 e. The topological polar surface area (TPSA) is 59.3 Å². The second-order valence-corrected chi connectivity index (χ2v) is 5.61. The molecule has 5 heteroatoms. The number of fused-ring (bicyclic) bond motifs is 1. The molecule has 5 nitrogen and oxygen atoms in total. The summed E-state index contributed by atoms with van der Waals surface area (Å²) < 4.78 is 2.13. The summed E-state index contributed by atoms with van der Waals surface area (Å²) in [7, 11) is 0. The van der Waals surface area contributed by atoms with Crippen LogP contribution in [0.4, 0.5) is 0 Å². The van der Waals surface area contributed by atoms with Crippen LogP contribution in [0, 0.1) is 12.8 Å². The number of benzene rings is 1. The zero-order chi connectivity index (χ0) is 16.3. The molecule has 118 valence electrons. The number of hydrogen-bond donors (Lipinski definition) is 1. The van der Waals surface area contributed by atoms with Crippen molar-refractivity contribution in [1.82, 2.24) is 15.0 Å². The van der Waals surface area contributed by atoms with Gasteiger partial charge < -0.3 is 4.57 Å². The molecule has 1 N–H and O–H groups in total. The van der Waals surface area contributed by atoms with Gasteiger partial charge in [0.05, 0.1) is 11.0 Å². The lowest BCUT2D eigenvalue weighted by Crippen LogP contribution is -2.20. The van der Waals surface area contributed by atoms with Crippen LogP contribution in [0.1, 0.15) is 50.3 Å². The number of imidazole rings is 1. The van der Waals surface area contributed by atoms with E-state index in [9.17, 15) is 4.79 Å². The Bertz CT molecular complexity index is 715.